The Morgan fingerprint density at radius 2 is 1.89 bits per heavy atom. The van der Waals surface area contributed by atoms with Crippen LogP contribution in [0.25, 0.3) is 0 Å². The summed E-state index contributed by atoms with van der Waals surface area (Å²) in [5.41, 5.74) is 6.51. The molecule has 2 fully saturated rings. The molecule has 0 unspecified atom stereocenters. The summed E-state index contributed by atoms with van der Waals surface area (Å²) in [7, 11) is 0. The summed E-state index contributed by atoms with van der Waals surface area (Å²) >= 11 is 0. The van der Waals surface area contributed by atoms with Crippen LogP contribution in [-0.4, -0.2) is 20.3 Å². The lowest BCUT2D eigenvalue weighted by atomic mass is 9.80. The highest BCUT2D eigenvalue weighted by atomic mass is 15.3. The summed E-state index contributed by atoms with van der Waals surface area (Å²) in [6, 6.07) is 0.627. The van der Waals surface area contributed by atoms with E-state index in [4.69, 9.17) is 5.73 Å². The first-order chi connectivity index (χ1) is 8.77. The Hall–Kier alpha value is -0.900. The minimum Gasteiger partial charge on any atom is -0.325 e. The minimum absolute atomic E-state index is 0.0262. The SMILES string of the molecule is NC1(Cc2nncn2C2CCCC2)CCCCC1. The van der Waals surface area contributed by atoms with Crippen molar-refractivity contribution in [3.63, 3.8) is 0 Å². The summed E-state index contributed by atoms with van der Waals surface area (Å²) in [5.74, 6) is 1.12. The van der Waals surface area contributed by atoms with Gasteiger partial charge in [0.25, 0.3) is 0 Å². The van der Waals surface area contributed by atoms with E-state index >= 15 is 0 Å². The van der Waals surface area contributed by atoms with E-state index in [2.05, 4.69) is 14.8 Å². The monoisotopic (exact) mass is 248 g/mol. The quantitative estimate of drug-likeness (QED) is 0.894. The van der Waals surface area contributed by atoms with Crippen molar-refractivity contribution in [2.45, 2.75) is 75.8 Å². The fourth-order valence-electron chi connectivity index (χ4n) is 3.63. The predicted octanol–water partition coefficient (Wildman–Crippen LogP) is 2.60. The lowest BCUT2D eigenvalue weighted by molar-refractivity contribution is 0.284. The molecule has 4 heteroatoms. The number of aromatic nitrogens is 3. The Morgan fingerprint density at radius 3 is 2.61 bits per heavy atom. The highest BCUT2D eigenvalue weighted by Crippen LogP contribution is 2.32. The second-order valence-corrected chi connectivity index (χ2v) is 6.19. The standard InChI is InChI=1S/C14H24N4/c15-14(8-4-1-5-9-14)10-13-17-16-11-18(13)12-6-2-3-7-12/h11-12H,1-10,15H2. The molecule has 0 saturated heterocycles. The zero-order valence-corrected chi connectivity index (χ0v) is 11.1. The summed E-state index contributed by atoms with van der Waals surface area (Å²) in [6.07, 6.45) is 14.2. The van der Waals surface area contributed by atoms with Gasteiger partial charge in [-0.1, -0.05) is 32.1 Å². The molecule has 0 atom stereocenters. The van der Waals surface area contributed by atoms with Gasteiger partial charge in [0.1, 0.15) is 12.2 Å². The van der Waals surface area contributed by atoms with Crippen LogP contribution in [0, 0.1) is 0 Å². The Morgan fingerprint density at radius 1 is 1.17 bits per heavy atom. The molecule has 0 aliphatic heterocycles. The Kier molecular flexibility index (Phi) is 3.37. The predicted molar refractivity (Wildman–Crippen MR) is 71.2 cm³/mol. The zero-order valence-electron chi connectivity index (χ0n) is 11.1. The van der Waals surface area contributed by atoms with E-state index in [0.29, 0.717) is 6.04 Å². The molecular formula is C14H24N4. The molecule has 0 spiro atoms. The normalized spacial score (nSPS) is 24.5. The third kappa shape index (κ3) is 2.44. The molecule has 2 N–H and O–H groups in total. The maximum atomic E-state index is 6.54. The van der Waals surface area contributed by atoms with Crippen molar-refractivity contribution in [3.05, 3.63) is 12.2 Å². The van der Waals surface area contributed by atoms with Gasteiger partial charge in [-0.05, 0) is 25.7 Å². The minimum atomic E-state index is -0.0262. The van der Waals surface area contributed by atoms with E-state index < -0.39 is 0 Å². The molecular weight excluding hydrogens is 224 g/mol. The molecule has 2 saturated carbocycles. The number of nitrogens with two attached hydrogens (primary N) is 1. The van der Waals surface area contributed by atoms with E-state index in [-0.39, 0.29) is 5.54 Å². The van der Waals surface area contributed by atoms with Crippen LogP contribution in [0.2, 0.25) is 0 Å². The van der Waals surface area contributed by atoms with Crippen molar-refractivity contribution >= 4 is 0 Å². The summed E-state index contributed by atoms with van der Waals surface area (Å²) in [4.78, 5) is 0. The number of rotatable bonds is 3. The average molecular weight is 248 g/mol. The molecule has 3 rings (SSSR count). The third-order valence-corrected chi connectivity index (χ3v) is 4.72. The lowest BCUT2D eigenvalue weighted by Gasteiger charge is -2.33. The van der Waals surface area contributed by atoms with Gasteiger partial charge < -0.3 is 10.3 Å². The maximum Gasteiger partial charge on any atom is 0.134 e. The first kappa shape index (κ1) is 12.2. The topological polar surface area (TPSA) is 56.7 Å². The Balaban J connectivity index is 1.74. The highest BCUT2D eigenvalue weighted by molar-refractivity contribution is 5.01. The van der Waals surface area contributed by atoms with Crippen LogP contribution in [0.5, 0.6) is 0 Å². The fourth-order valence-corrected chi connectivity index (χ4v) is 3.63. The summed E-state index contributed by atoms with van der Waals surface area (Å²) < 4.78 is 2.30. The van der Waals surface area contributed by atoms with Crippen molar-refractivity contribution in [2.24, 2.45) is 5.73 Å². The molecule has 1 heterocycles. The van der Waals surface area contributed by atoms with E-state index in [0.717, 1.165) is 25.1 Å². The van der Waals surface area contributed by atoms with Crippen LogP contribution in [0.4, 0.5) is 0 Å². The first-order valence-corrected chi connectivity index (χ1v) is 7.44. The molecule has 1 aromatic heterocycles. The second kappa shape index (κ2) is 5.00. The highest BCUT2D eigenvalue weighted by Gasteiger charge is 2.30. The van der Waals surface area contributed by atoms with Crippen molar-refractivity contribution in [2.75, 3.05) is 0 Å². The molecule has 0 bridgehead atoms. The Labute approximate surface area is 109 Å². The molecule has 18 heavy (non-hydrogen) atoms. The Bertz CT molecular complexity index is 386. The number of nitrogens with zero attached hydrogens (tertiary/aromatic N) is 3. The van der Waals surface area contributed by atoms with Gasteiger partial charge in [-0.2, -0.15) is 0 Å². The van der Waals surface area contributed by atoms with Gasteiger partial charge in [-0.3, -0.25) is 0 Å². The van der Waals surface area contributed by atoms with Gasteiger partial charge >= 0.3 is 0 Å². The van der Waals surface area contributed by atoms with Crippen LogP contribution >= 0.6 is 0 Å². The molecule has 2 aliphatic carbocycles. The zero-order chi connectivity index (χ0) is 12.4. The van der Waals surface area contributed by atoms with Gasteiger partial charge in [0.05, 0.1) is 0 Å². The van der Waals surface area contributed by atoms with Gasteiger partial charge in [-0.25, -0.2) is 0 Å². The molecule has 1 aromatic rings. The van der Waals surface area contributed by atoms with Gasteiger partial charge in [0.2, 0.25) is 0 Å². The third-order valence-electron chi connectivity index (χ3n) is 4.72. The number of hydrogen-bond acceptors (Lipinski definition) is 3. The van der Waals surface area contributed by atoms with Gasteiger partial charge in [-0.15, -0.1) is 10.2 Å². The average Bonchev–Trinajstić information content (AvgIpc) is 2.99. The van der Waals surface area contributed by atoms with Gasteiger partial charge in [0.15, 0.2) is 0 Å². The molecule has 0 radical (unpaired) electrons. The molecule has 0 aromatic carbocycles. The fraction of sp³-hybridized carbons (Fsp3) is 0.857. The van der Waals surface area contributed by atoms with Crippen molar-refractivity contribution in [1.82, 2.24) is 14.8 Å². The van der Waals surface area contributed by atoms with Crippen LogP contribution in [0.15, 0.2) is 6.33 Å². The smallest absolute Gasteiger partial charge is 0.134 e. The van der Waals surface area contributed by atoms with E-state index in [1.54, 1.807) is 0 Å². The summed E-state index contributed by atoms with van der Waals surface area (Å²) in [5, 5.41) is 8.45. The van der Waals surface area contributed by atoms with E-state index in [9.17, 15) is 0 Å². The maximum absolute atomic E-state index is 6.54. The number of hydrogen-bond donors (Lipinski definition) is 1. The molecule has 0 amide bonds. The van der Waals surface area contributed by atoms with E-state index in [1.165, 1.54) is 44.9 Å². The summed E-state index contributed by atoms with van der Waals surface area (Å²) in [6.45, 7) is 0. The van der Waals surface area contributed by atoms with Crippen molar-refractivity contribution in [3.8, 4) is 0 Å². The second-order valence-electron chi connectivity index (χ2n) is 6.19. The van der Waals surface area contributed by atoms with Crippen LogP contribution < -0.4 is 5.73 Å². The molecule has 100 valence electrons. The largest absolute Gasteiger partial charge is 0.325 e. The molecule has 4 nitrogen and oxygen atoms in total. The van der Waals surface area contributed by atoms with Gasteiger partial charge in [0, 0.05) is 18.0 Å². The lowest BCUT2D eigenvalue weighted by Crippen LogP contribution is -2.44. The van der Waals surface area contributed by atoms with E-state index in [1.807, 2.05) is 6.33 Å². The first-order valence-electron chi connectivity index (χ1n) is 7.44. The van der Waals surface area contributed by atoms with Crippen LogP contribution in [-0.2, 0) is 6.42 Å². The van der Waals surface area contributed by atoms with Crippen molar-refractivity contribution in [1.29, 1.82) is 0 Å². The van der Waals surface area contributed by atoms with Crippen LogP contribution in [0.1, 0.15) is 69.7 Å². The molecule has 2 aliphatic rings. The van der Waals surface area contributed by atoms with Crippen molar-refractivity contribution < 1.29 is 0 Å². The van der Waals surface area contributed by atoms with Crippen LogP contribution in [0.3, 0.4) is 0 Å².